The quantitative estimate of drug-likeness (QED) is 0.552. The molecule has 1 aromatic rings. The molecule has 2 N–H and O–H groups in total. The topological polar surface area (TPSA) is 120 Å². The van der Waals surface area contributed by atoms with Crippen molar-refractivity contribution in [3.05, 3.63) is 18.2 Å². The highest BCUT2D eigenvalue weighted by Crippen LogP contribution is 2.29. The highest BCUT2D eigenvalue weighted by molar-refractivity contribution is 7.89. The normalized spacial score (nSPS) is 12.4. The van der Waals surface area contributed by atoms with Gasteiger partial charge in [-0.25, -0.2) is 17.9 Å². The highest BCUT2D eigenvalue weighted by atomic mass is 32.2. The van der Waals surface area contributed by atoms with Crippen LogP contribution in [0.4, 0.5) is 0 Å². The fraction of sp³-hybridized carbons (Fsp3) is 0.529. The Morgan fingerprint density at radius 3 is 2.22 bits per heavy atom. The standard InChI is InChI=1S/C17H26N2O7S/c1-11(2)8-13(17(21)26-5)19-16(20)10-18-27(22,23)12-6-7-14(24-3)15(9-12)25-4/h6-7,9,11,13,18H,8,10H2,1-5H3,(H,19,20). The van der Waals surface area contributed by atoms with Crippen molar-refractivity contribution >= 4 is 21.9 Å². The average molecular weight is 402 g/mol. The van der Waals surface area contributed by atoms with E-state index in [0.717, 1.165) is 0 Å². The Kier molecular flexibility index (Phi) is 8.51. The molecule has 9 nitrogen and oxygen atoms in total. The van der Waals surface area contributed by atoms with Gasteiger partial charge in [-0.05, 0) is 24.5 Å². The van der Waals surface area contributed by atoms with E-state index in [0.29, 0.717) is 12.2 Å². The third-order valence-corrected chi connectivity index (χ3v) is 5.01. The third kappa shape index (κ3) is 6.72. The number of carbonyl (C=O) groups is 2. The smallest absolute Gasteiger partial charge is 0.328 e. The first-order valence-electron chi connectivity index (χ1n) is 8.23. The molecule has 0 spiro atoms. The predicted molar refractivity (Wildman–Crippen MR) is 98.1 cm³/mol. The molecule has 1 atom stereocenters. The maximum atomic E-state index is 12.4. The van der Waals surface area contributed by atoms with E-state index in [-0.39, 0.29) is 16.6 Å². The predicted octanol–water partition coefficient (Wildman–Crippen LogP) is 0.686. The highest BCUT2D eigenvalue weighted by Gasteiger charge is 2.24. The van der Waals surface area contributed by atoms with Crippen molar-refractivity contribution < 1.29 is 32.2 Å². The van der Waals surface area contributed by atoms with Gasteiger partial charge >= 0.3 is 5.97 Å². The van der Waals surface area contributed by atoms with Gasteiger partial charge in [0.25, 0.3) is 0 Å². The summed E-state index contributed by atoms with van der Waals surface area (Å²) in [6, 6.07) is 3.23. The zero-order valence-corrected chi connectivity index (χ0v) is 16.9. The van der Waals surface area contributed by atoms with E-state index in [1.165, 1.54) is 39.5 Å². The van der Waals surface area contributed by atoms with Crippen LogP contribution in [0.2, 0.25) is 0 Å². The minimum Gasteiger partial charge on any atom is -0.493 e. The van der Waals surface area contributed by atoms with Crippen LogP contribution in [-0.2, 0) is 24.3 Å². The molecule has 0 radical (unpaired) electrons. The molecule has 1 rings (SSSR count). The second kappa shape index (κ2) is 10.1. The van der Waals surface area contributed by atoms with Crippen molar-refractivity contribution in [3.8, 4) is 11.5 Å². The second-order valence-corrected chi connectivity index (χ2v) is 7.88. The molecule has 27 heavy (non-hydrogen) atoms. The summed E-state index contributed by atoms with van der Waals surface area (Å²) in [4.78, 5) is 23.7. The summed E-state index contributed by atoms with van der Waals surface area (Å²) in [6.45, 7) is 3.26. The Morgan fingerprint density at radius 1 is 1.07 bits per heavy atom. The Hall–Kier alpha value is -2.33. The van der Waals surface area contributed by atoms with Crippen LogP contribution in [0.25, 0.3) is 0 Å². The maximum absolute atomic E-state index is 12.4. The molecule has 0 bridgehead atoms. The number of hydrogen-bond donors (Lipinski definition) is 2. The molecule has 1 unspecified atom stereocenters. The van der Waals surface area contributed by atoms with E-state index >= 15 is 0 Å². The Morgan fingerprint density at radius 2 is 1.70 bits per heavy atom. The van der Waals surface area contributed by atoms with E-state index in [4.69, 9.17) is 9.47 Å². The largest absolute Gasteiger partial charge is 0.493 e. The van der Waals surface area contributed by atoms with Gasteiger partial charge in [-0.2, -0.15) is 0 Å². The second-order valence-electron chi connectivity index (χ2n) is 6.11. The van der Waals surface area contributed by atoms with Gasteiger partial charge in [0.15, 0.2) is 11.5 Å². The maximum Gasteiger partial charge on any atom is 0.328 e. The van der Waals surface area contributed by atoms with Crippen molar-refractivity contribution in [1.29, 1.82) is 0 Å². The van der Waals surface area contributed by atoms with Gasteiger partial charge in [0.1, 0.15) is 6.04 Å². The number of amides is 1. The molecular weight excluding hydrogens is 376 g/mol. The molecule has 0 heterocycles. The van der Waals surface area contributed by atoms with E-state index < -0.39 is 34.5 Å². The van der Waals surface area contributed by atoms with E-state index in [2.05, 4.69) is 14.8 Å². The SMILES string of the molecule is COC(=O)C(CC(C)C)NC(=O)CNS(=O)(=O)c1ccc(OC)c(OC)c1. The number of esters is 1. The minimum absolute atomic E-state index is 0.0837. The van der Waals surface area contributed by atoms with Gasteiger partial charge in [0.05, 0.1) is 32.8 Å². The molecular formula is C17H26N2O7S. The lowest BCUT2D eigenvalue weighted by Gasteiger charge is -2.18. The van der Waals surface area contributed by atoms with Crippen LogP contribution >= 0.6 is 0 Å². The van der Waals surface area contributed by atoms with Crippen molar-refractivity contribution in [2.75, 3.05) is 27.9 Å². The van der Waals surface area contributed by atoms with Crippen LogP contribution < -0.4 is 19.5 Å². The minimum atomic E-state index is -3.96. The van der Waals surface area contributed by atoms with Crippen LogP contribution in [-0.4, -0.2) is 54.2 Å². The first-order valence-corrected chi connectivity index (χ1v) is 9.71. The van der Waals surface area contributed by atoms with Gasteiger partial charge in [-0.1, -0.05) is 13.8 Å². The number of carbonyl (C=O) groups excluding carboxylic acids is 2. The molecule has 0 aromatic heterocycles. The van der Waals surface area contributed by atoms with Crippen LogP contribution in [0.3, 0.4) is 0 Å². The van der Waals surface area contributed by atoms with E-state index in [1.54, 1.807) is 0 Å². The van der Waals surface area contributed by atoms with Crippen molar-refractivity contribution in [1.82, 2.24) is 10.0 Å². The van der Waals surface area contributed by atoms with Crippen molar-refractivity contribution in [2.45, 2.75) is 31.2 Å². The first-order chi connectivity index (χ1) is 12.6. The zero-order chi connectivity index (χ0) is 20.6. The summed E-state index contributed by atoms with van der Waals surface area (Å²) in [5.41, 5.74) is 0. The lowest BCUT2D eigenvalue weighted by atomic mass is 10.0. The number of rotatable bonds is 10. The van der Waals surface area contributed by atoms with E-state index in [9.17, 15) is 18.0 Å². The van der Waals surface area contributed by atoms with Gasteiger partial charge in [0, 0.05) is 6.07 Å². The first kappa shape index (κ1) is 22.7. The molecule has 152 valence electrons. The number of sulfonamides is 1. The number of ether oxygens (including phenoxy) is 3. The average Bonchev–Trinajstić information content (AvgIpc) is 2.64. The zero-order valence-electron chi connectivity index (χ0n) is 16.1. The molecule has 0 aliphatic heterocycles. The molecule has 0 saturated carbocycles. The number of hydrogen-bond acceptors (Lipinski definition) is 7. The van der Waals surface area contributed by atoms with Crippen LogP contribution in [0, 0.1) is 5.92 Å². The molecule has 10 heteroatoms. The van der Waals surface area contributed by atoms with Gasteiger partial charge < -0.3 is 19.5 Å². The summed E-state index contributed by atoms with van der Waals surface area (Å²) >= 11 is 0. The van der Waals surface area contributed by atoms with Crippen LogP contribution in [0.1, 0.15) is 20.3 Å². The van der Waals surface area contributed by atoms with Gasteiger partial charge in [0.2, 0.25) is 15.9 Å². The van der Waals surface area contributed by atoms with E-state index in [1.807, 2.05) is 13.8 Å². The van der Waals surface area contributed by atoms with Crippen molar-refractivity contribution in [2.24, 2.45) is 5.92 Å². The van der Waals surface area contributed by atoms with Crippen LogP contribution in [0.5, 0.6) is 11.5 Å². The van der Waals surface area contributed by atoms with Crippen LogP contribution in [0.15, 0.2) is 23.1 Å². The summed E-state index contributed by atoms with van der Waals surface area (Å²) in [6.07, 6.45) is 0.376. The van der Waals surface area contributed by atoms with Gasteiger partial charge in [-0.15, -0.1) is 0 Å². The number of nitrogens with one attached hydrogen (secondary N) is 2. The molecule has 0 aliphatic rings. The summed E-state index contributed by atoms with van der Waals surface area (Å²) in [7, 11) is 0.0834. The molecule has 0 saturated heterocycles. The van der Waals surface area contributed by atoms with Crippen molar-refractivity contribution in [3.63, 3.8) is 0 Å². The lowest BCUT2D eigenvalue weighted by Crippen LogP contribution is -2.46. The summed E-state index contributed by atoms with van der Waals surface area (Å²) < 4.78 is 41.7. The molecule has 0 aliphatic carbocycles. The Balaban J connectivity index is 2.80. The summed E-state index contributed by atoms with van der Waals surface area (Å²) in [5.74, 6) is -0.468. The van der Waals surface area contributed by atoms with Gasteiger partial charge in [-0.3, -0.25) is 4.79 Å². The molecule has 1 amide bonds. The Bertz CT molecular complexity index is 763. The monoisotopic (exact) mass is 402 g/mol. The Labute approximate surface area is 159 Å². The fourth-order valence-corrected chi connectivity index (χ4v) is 3.30. The molecule has 1 aromatic carbocycles. The fourth-order valence-electron chi connectivity index (χ4n) is 2.30. The lowest BCUT2D eigenvalue weighted by molar-refractivity contribution is -0.145. The summed E-state index contributed by atoms with van der Waals surface area (Å²) in [5, 5.41) is 2.48. The third-order valence-electron chi connectivity index (χ3n) is 3.62. The number of methoxy groups -OCH3 is 3. The number of benzene rings is 1. The molecule has 0 fully saturated rings.